The monoisotopic (exact) mass is 1240 g/mol. The van der Waals surface area contributed by atoms with Gasteiger partial charge in [-0.05, 0) is 142 Å². The molecule has 0 radical (unpaired) electrons. The van der Waals surface area contributed by atoms with Crippen LogP contribution in [0.4, 0.5) is 11.4 Å². The molecule has 15 nitrogen and oxygen atoms in total. The average molecular weight is 1240 g/mol. The number of aromatic nitrogens is 6. The van der Waals surface area contributed by atoms with Crippen molar-refractivity contribution in [2.24, 2.45) is 25.9 Å². The third-order valence-electron chi connectivity index (χ3n) is 16.7. The summed E-state index contributed by atoms with van der Waals surface area (Å²) in [5.74, 6) is 5.80. The van der Waals surface area contributed by atoms with Crippen molar-refractivity contribution in [3.63, 3.8) is 0 Å². The molecule has 432 valence electrons. The Morgan fingerprint density at radius 1 is 0.494 bits per heavy atom. The second kappa shape index (κ2) is 25.5. The molecule has 2 amide bonds. The Hall–Kier alpha value is -6.98. The van der Waals surface area contributed by atoms with Crippen LogP contribution < -0.4 is 24.0 Å². The minimum atomic E-state index is 0.158. The summed E-state index contributed by atoms with van der Waals surface area (Å²) in [6, 6.07) is 35.5. The van der Waals surface area contributed by atoms with E-state index in [1.807, 2.05) is 104 Å². The van der Waals surface area contributed by atoms with Crippen LogP contribution in [0.3, 0.4) is 0 Å². The first-order valence-corrected chi connectivity index (χ1v) is 30.4. The molecule has 0 spiro atoms. The first-order valence-electron chi connectivity index (χ1n) is 28.4. The number of fused-ring (bicyclic) bond motifs is 3. The molecule has 13 rings (SSSR count). The number of nitrogens with one attached hydrogen (secondary N) is 1. The number of likely N-dealkylation sites (tertiary alicyclic amines) is 2. The number of methoxy groups -OCH3 is 3. The molecular weight excluding hydrogens is 1180 g/mol. The number of aryl methyl sites for hydroxylation is 2. The van der Waals surface area contributed by atoms with Gasteiger partial charge in [0, 0.05) is 129 Å². The molecule has 0 aliphatic carbocycles. The highest BCUT2D eigenvalue weighted by Gasteiger charge is 2.32. The lowest BCUT2D eigenvalue weighted by Crippen LogP contribution is -2.41. The van der Waals surface area contributed by atoms with Crippen molar-refractivity contribution < 1.29 is 23.8 Å². The van der Waals surface area contributed by atoms with Gasteiger partial charge in [0.15, 0.2) is 0 Å². The quantitative estimate of drug-likeness (QED) is 0.141. The fourth-order valence-corrected chi connectivity index (χ4v) is 12.9. The maximum absolute atomic E-state index is 12.8. The number of H-pyrrole nitrogens is 1. The van der Waals surface area contributed by atoms with Gasteiger partial charge in [-0.1, -0.05) is 50.7 Å². The number of imidazole rings is 3. The van der Waals surface area contributed by atoms with E-state index >= 15 is 0 Å². The molecule has 0 bridgehead atoms. The minimum absolute atomic E-state index is 0.158. The fourth-order valence-electron chi connectivity index (χ4n) is 11.9. The van der Waals surface area contributed by atoms with Crippen molar-refractivity contribution in [1.82, 2.24) is 38.9 Å². The average Bonchev–Trinajstić information content (AvgIpc) is 4.55. The maximum Gasteiger partial charge on any atom is 0.225 e. The van der Waals surface area contributed by atoms with E-state index in [9.17, 15) is 9.59 Å². The summed E-state index contributed by atoms with van der Waals surface area (Å²) in [5, 5.41) is 2.02. The number of carbonyl (C=O) groups excluding carboxylic acids is 2. The third kappa shape index (κ3) is 12.5. The number of benzene rings is 6. The zero-order chi connectivity index (χ0) is 57.9. The molecule has 6 aromatic carbocycles. The van der Waals surface area contributed by atoms with Crippen LogP contribution in [-0.4, -0.2) is 124 Å². The number of carbonyl (C=O) groups is 2. The van der Waals surface area contributed by atoms with E-state index in [0.29, 0.717) is 26.9 Å². The van der Waals surface area contributed by atoms with Gasteiger partial charge in [0.25, 0.3) is 0 Å². The van der Waals surface area contributed by atoms with E-state index in [0.717, 1.165) is 204 Å². The standard InChI is InChI=1S/C25H29ClN4O2.C24H27ClN4O2.C15H12BrClN2O/c1-28-23-8-6-19(32-2)16-22(23)27-24(28)20-15-18(5-7-21(20)26)29-13-9-17(10-14-29)25(31)30-11-3-4-12-30;1-31-18-5-7-21-22(15-18)27-23(26-21)19-14-17(4-6-20(19)25)28-12-8-16(9-13-28)24(30)29-10-2-3-11-29;1-19-14-6-4-10(20-2)8-13(14)18-15(19)11-7-9(16)3-5-12(11)17/h5-8,15-17H,3-4,9-14H2,1-2H3;4-7,14-16H,2-3,8-13H2,1H3,(H,26,27);3-8H,1-2H3. The van der Waals surface area contributed by atoms with E-state index in [1.165, 1.54) is 0 Å². The van der Waals surface area contributed by atoms with Crippen molar-refractivity contribution in [2.45, 2.75) is 51.4 Å². The second-order valence-electron chi connectivity index (χ2n) is 21.7. The van der Waals surface area contributed by atoms with Crippen LogP contribution in [-0.2, 0) is 23.7 Å². The summed E-state index contributed by atoms with van der Waals surface area (Å²) in [6.07, 6.45) is 8.19. The third-order valence-corrected chi connectivity index (χ3v) is 18.2. The highest BCUT2D eigenvalue weighted by atomic mass is 79.9. The van der Waals surface area contributed by atoms with E-state index in [4.69, 9.17) is 59.0 Å². The molecule has 0 atom stereocenters. The molecule has 4 saturated heterocycles. The van der Waals surface area contributed by atoms with Gasteiger partial charge in [-0.15, -0.1) is 0 Å². The van der Waals surface area contributed by atoms with E-state index < -0.39 is 0 Å². The summed E-state index contributed by atoms with van der Waals surface area (Å²) in [7, 11) is 8.95. The van der Waals surface area contributed by atoms with Crippen LogP contribution >= 0.6 is 50.7 Å². The van der Waals surface area contributed by atoms with Gasteiger partial charge in [-0.25, -0.2) is 15.0 Å². The van der Waals surface area contributed by atoms with E-state index in [-0.39, 0.29) is 11.8 Å². The van der Waals surface area contributed by atoms with Crippen LogP contribution in [0, 0.1) is 11.8 Å². The number of ether oxygens (including phenoxy) is 3. The molecular formula is C64H68BrCl3N10O5. The van der Waals surface area contributed by atoms with Gasteiger partial charge in [0.2, 0.25) is 11.8 Å². The second-order valence-corrected chi connectivity index (χ2v) is 23.8. The molecule has 4 aliphatic rings. The van der Waals surface area contributed by atoms with Crippen molar-refractivity contribution in [3.05, 3.63) is 129 Å². The molecule has 4 fully saturated rings. The predicted molar refractivity (Wildman–Crippen MR) is 338 cm³/mol. The lowest BCUT2D eigenvalue weighted by Gasteiger charge is -2.34. The van der Waals surface area contributed by atoms with Gasteiger partial charge in [-0.3, -0.25) is 9.59 Å². The molecule has 19 heteroatoms. The number of halogens is 4. The maximum atomic E-state index is 12.8. The first-order chi connectivity index (χ1) is 40.3. The van der Waals surface area contributed by atoms with Gasteiger partial charge < -0.3 is 47.9 Å². The number of nitrogens with zero attached hydrogens (tertiary/aromatic N) is 9. The first kappa shape index (κ1) is 57.8. The Morgan fingerprint density at radius 2 is 0.916 bits per heavy atom. The highest BCUT2D eigenvalue weighted by molar-refractivity contribution is 9.10. The van der Waals surface area contributed by atoms with Gasteiger partial charge >= 0.3 is 0 Å². The SMILES string of the molecule is COc1ccc2c(c1)nc(-c1cc(Br)ccc1Cl)n2C.COc1ccc2c(c1)nc(-c1cc(N3CCC(C(=O)N4CCCC4)CC3)ccc1Cl)n2C.COc1ccc2nc(-c3cc(N4CCC(C(=O)N5CCCC5)CC4)ccc3Cl)[nH]c2c1. The van der Waals surface area contributed by atoms with Gasteiger partial charge in [0.1, 0.15) is 34.7 Å². The molecule has 9 aromatic rings. The molecule has 83 heavy (non-hydrogen) atoms. The summed E-state index contributed by atoms with van der Waals surface area (Å²) in [4.78, 5) is 51.9. The lowest BCUT2D eigenvalue weighted by atomic mass is 9.95. The molecule has 4 aliphatic heterocycles. The summed E-state index contributed by atoms with van der Waals surface area (Å²) in [6.45, 7) is 7.25. The highest BCUT2D eigenvalue weighted by Crippen LogP contribution is 2.38. The Bertz CT molecular complexity index is 3820. The van der Waals surface area contributed by atoms with Crippen LogP contribution in [0.1, 0.15) is 51.4 Å². The molecule has 0 saturated carbocycles. The van der Waals surface area contributed by atoms with E-state index in [1.54, 1.807) is 21.3 Å². The number of aromatic amines is 1. The zero-order valence-corrected chi connectivity index (χ0v) is 51.3. The largest absolute Gasteiger partial charge is 0.497 e. The van der Waals surface area contributed by atoms with Crippen LogP contribution in [0.15, 0.2) is 114 Å². The summed E-state index contributed by atoms with van der Waals surface area (Å²) < 4.78 is 21.0. The molecule has 7 heterocycles. The van der Waals surface area contributed by atoms with Crippen molar-refractivity contribution in [2.75, 3.05) is 83.5 Å². The van der Waals surface area contributed by atoms with Gasteiger partial charge in [-0.2, -0.15) is 0 Å². The van der Waals surface area contributed by atoms with Crippen molar-refractivity contribution in [3.8, 4) is 51.4 Å². The number of rotatable bonds is 10. The number of anilines is 2. The van der Waals surface area contributed by atoms with Crippen LogP contribution in [0.2, 0.25) is 15.1 Å². The zero-order valence-electron chi connectivity index (χ0n) is 47.4. The van der Waals surface area contributed by atoms with Crippen LogP contribution in [0.5, 0.6) is 17.2 Å². The Balaban J connectivity index is 0.000000134. The Labute approximate surface area is 507 Å². The normalized spacial score (nSPS) is 15.9. The van der Waals surface area contributed by atoms with Crippen LogP contribution in [0.25, 0.3) is 67.3 Å². The Morgan fingerprint density at radius 3 is 1.40 bits per heavy atom. The van der Waals surface area contributed by atoms with Gasteiger partial charge in [0.05, 0.1) is 69.5 Å². The van der Waals surface area contributed by atoms with Crippen molar-refractivity contribution >= 4 is 107 Å². The number of hydrogen-bond acceptors (Lipinski definition) is 10. The smallest absolute Gasteiger partial charge is 0.225 e. The summed E-state index contributed by atoms with van der Waals surface area (Å²) >= 11 is 22.9. The fraction of sp³-hybridized carbons (Fsp3) is 0.359. The Kier molecular flexibility index (Phi) is 17.7. The lowest BCUT2D eigenvalue weighted by molar-refractivity contribution is -0.135. The number of hydrogen-bond donors (Lipinski definition) is 1. The topological polar surface area (TPSA) is 139 Å². The summed E-state index contributed by atoms with van der Waals surface area (Å²) in [5.41, 5.74) is 10.6. The molecule has 1 N–H and O–H groups in total. The number of amides is 2. The van der Waals surface area contributed by atoms with Crippen molar-refractivity contribution in [1.29, 1.82) is 0 Å². The minimum Gasteiger partial charge on any atom is -0.497 e. The number of piperidine rings is 2. The van der Waals surface area contributed by atoms with E-state index in [2.05, 4.69) is 74.3 Å². The molecule has 0 unspecified atom stereocenters. The molecule has 3 aromatic heterocycles. The predicted octanol–water partition coefficient (Wildman–Crippen LogP) is 14.1.